The summed E-state index contributed by atoms with van der Waals surface area (Å²) in [6, 6.07) is 9.91. The molecular formula is C26H35N3O5S. The molecule has 1 atom stereocenters. The summed E-state index contributed by atoms with van der Waals surface area (Å²) in [6.45, 7) is 12.5. The quantitative estimate of drug-likeness (QED) is 0.404. The van der Waals surface area contributed by atoms with Crippen LogP contribution in [0.5, 0.6) is 0 Å². The molecule has 0 fully saturated rings. The van der Waals surface area contributed by atoms with Crippen LogP contribution in [0, 0.1) is 6.92 Å². The molecule has 1 unspecified atom stereocenters. The van der Waals surface area contributed by atoms with Crippen LogP contribution >= 0.6 is 11.3 Å². The first kappa shape index (κ1) is 27.0. The van der Waals surface area contributed by atoms with Crippen molar-refractivity contribution in [2.45, 2.75) is 72.4 Å². The first-order valence-corrected chi connectivity index (χ1v) is 12.6. The van der Waals surface area contributed by atoms with Crippen LogP contribution in [-0.2, 0) is 22.6 Å². The highest BCUT2D eigenvalue weighted by molar-refractivity contribution is 7.20. The first-order valence-electron chi connectivity index (χ1n) is 11.7. The van der Waals surface area contributed by atoms with Crippen LogP contribution in [0.15, 0.2) is 35.1 Å². The van der Waals surface area contributed by atoms with Crippen molar-refractivity contribution in [3.8, 4) is 0 Å². The van der Waals surface area contributed by atoms with Crippen molar-refractivity contribution in [2.75, 3.05) is 13.2 Å². The minimum Gasteiger partial charge on any atom is -0.459 e. The smallest absolute Gasteiger partial charge is 0.348 e. The molecule has 35 heavy (non-hydrogen) atoms. The molecule has 0 amide bonds. The van der Waals surface area contributed by atoms with E-state index in [1.54, 1.807) is 20.8 Å². The first-order chi connectivity index (χ1) is 16.4. The van der Waals surface area contributed by atoms with E-state index in [0.717, 1.165) is 16.9 Å². The number of aryl methyl sites for hydroxylation is 1. The number of benzene rings is 1. The summed E-state index contributed by atoms with van der Waals surface area (Å²) in [5, 5.41) is 11.0. The molecule has 8 nitrogen and oxygen atoms in total. The third-order valence-electron chi connectivity index (χ3n) is 5.18. The van der Waals surface area contributed by atoms with Gasteiger partial charge in [-0.3, -0.25) is 9.69 Å². The van der Waals surface area contributed by atoms with Gasteiger partial charge in [0.2, 0.25) is 0 Å². The van der Waals surface area contributed by atoms with Crippen LogP contribution in [0.3, 0.4) is 0 Å². The number of esters is 1. The normalized spacial score (nSPS) is 13.1. The molecule has 0 saturated carbocycles. The van der Waals surface area contributed by atoms with Crippen molar-refractivity contribution in [3.63, 3.8) is 0 Å². The van der Waals surface area contributed by atoms with Gasteiger partial charge in [-0.1, -0.05) is 30.3 Å². The molecule has 1 aromatic carbocycles. The van der Waals surface area contributed by atoms with Crippen molar-refractivity contribution in [1.29, 1.82) is 0 Å². The number of thiophene rings is 1. The van der Waals surface area contributed by atoms with Gasteiger partial charge in [0.25, 0.3) is 5.56 Å². The lowest BCUT2D eigenvalue weighted by Gasteiger charge is -2.27. The standard InChI is InChI=1S/C26H35N3O5S/c1-16(2)34-25(32)22-17(3)21-23(31)27-20(28-24(21)35-22)14-29(12-18-10-8-7-9-11-18)13-19(30)15-33-26(4,5)6/h7-11,16,19,30H,12-15H2,1-6H3,(H,27,28,31). The number of nitrogens with one attached hydrogen (secondary N) is 1. The minimum absolute atomic E-state index is 0.198. The Balaban J connectivity index is 1.86. The summed E-state index contributed by atoms with van der Waals surface area (Å²) in [6.07, 6.45) is -0.969. The van der Waals surface area contributed by atoms with E-state index < -0.39 is 12.1 Å². The Morgan fingerprint density at radius 2 is 1.89 bits per heavy atom. The Morgan fingerprint density at radius 1 is 1.20 bits per heavy atom. The van der Waals surface area contributed by atoms with Crippen LogP contribution in [0.25, 0.3) is 10.2 Å². The molecule has 0 aliphatic carbocycles. The molecule has 9 heteroatoms. The molecule has 2 N–H and O–H groups in total. The average Bonchev–Trinajstić information content (AvgIpc) is 3.09. The molecule has 3 aromatic rings. The number of aromatic amines is 1. The van der Waals surface area contributed by atoms with E-state index in [-0.39, 0.29) is 23.9 Å². The molecule has 0 saturated heterocycles. The van der Waals surface area contributed by atoms with Gasteiger partial charge in [0, 0.05) is 13.1 Å². The number of carbonyl (C=O) groups excluding carboxylic acids is 1. The van der Waals surface area contributed by atoms with E-state index in [9.17, 15) is 14.7 Å². The maximum Gasteiger partial charge on any atom is 0.348 e. The monoisotopic (exact) mass is 501 g/mol. The maximum absolute atomic E-state index is 12.9. The van der Waals surface area contributed by atoms with Crippen molar-refractivity contribution >= 4 is 27.5 Å². The van der Waals surface area contributed by atoms with E-state index in [4.69, 9.17) is 9.47 Å². The lowest BCUT2D eigenvalue weighted by Crippen LogP contribution is -2.37. The fraction of sp³-hybridized carbons (Fsp3) is 0.500. The summed E-state index contributed by atoms with van der Waals surface area (Å²) in [7, 11) is 0. The Bertz CT molecular complexity index is 1200. The zero-order valence-electron chi connectivity index (χ0n) is 21.3. The Hall–Kier alpha value is -2.59. The molecule has 2 aromatic heterocycles. The highest BCUT2D eigenvalue weighted by atomic mass is 32.1. The number of rotatable bonds is 10. The molecule has 0 bridgehead atoms. The number of aromatic nitrogens is 2. The lowest BCUT2D eigenvalue weighted by molar-refractivity contribution is -0.0574. The molecule has 190 valence electrons. The van der Waals surface area contributed by atoms with E-state index in [1.165, 1.54) is 0 Å². The average molecular weight is 502 g/mol. The van der Waals surface area contributed by atoms with E-state index in [0.29, 0.717) is 46.1 Å². The molecule has 0 spiro atoms. The highest BCUT2D eigenvalue weighted by Gasteiger charge is 2.22. The summed E-state index contributed by atoms with van der Waals surface area (Å²) in [4.78, 5) is 35.8. The number of H-pyrrole nitrogens is 1. The van der Waals surface area contributed by atoms with E-state index in [1.807, 2.05) is 56.0 Å². The third kappa shape index (κ3) is 7.70. The summed E-state index contributed by atoms with van der Waals surface area (Å²) in [5.41, 5.74) is 1.00. The molecular weight excluding hydrogens is 466 g/mol. The summed E-state index contributed by atoms with van der Waals surface area (Å²) in [5.74, 6) is 0.0153. The fourth-order valence-electron chi connectivity index (χ4n) is 3.66. The largest absolute Gasteiger partial charge is 0.459 e. The van der Waals surface area contributed by atoms with Gasteiger partial charge in [-0.15, -0.1) is 11.3 Å². The third-order valence-corrected chi connectivity index (χ3v) is 6.34. The zero-order valence-corrected chi connectivity index (χ0v) is 22.1. The van der Waals surface area contributed by atoms with Gasteiger partial charge in [0.05, 0.1) is 36.3 Å². The lowest BCUT2D eigenvalue weighted by atomic mass is 10.2. The predicted molar refractivity (Wildman–Crippen MR) is 138 cm³/mol. The predicted octanol–water partition coefficient (Wildman–Crippen LogP) is 4.04. The summed E-state index contributed by atoms with van der Waals surface area (Å²) >= 11 is 1.16. The van der Waals surface area contributed by atoms with Gasteiger partial charge in [-0.2, -0.15) is 0 Å². The molecule has 0 aliphatic heterocycles. The topological polar surface area (TPSA) is 105 Å². The summed E-state index contributed by atoms with van der Waals surface area (Å²) < 4.78 is 11.1. The van der Waals surface area contributed by atoms with E-state index in [2.05, 4.69) is 9.97 Å². The van der Waals surface area contributed by atoms with E-state index >= 15 is 0 Å². The van der Waals surface area contributed by atoms with Gasteiger partial charge < -0.3 is 19.6 Å². The van der Waals surface area contributed by atoms with Gasteiger partial charge in [0.1, 0.15) is 15.5 Å². The molecule has 0 aliphatic rings. The number of fused-ring (bicyclic) bond motifs is 1. The SMILES string of the molecule is Cc1c(C(=O)OC(C)C)sc2nc(CN(Cc3ccccc3)CC(O)COC(C)(C)C)[nH]c(=O)c12. The van der Waals surface area contributed by atoms with Crippen molar-refractivity contribution < 1.29 is 19.4 Å². The van der Waals surface area contributed by atoms with Crippen LogP contribution in [0.1, 0.15) is 61.2 Å². The van der Waals surface area contributed by atoms with Crippen molar-refractivity contribution in [2.24, 2.45) is 0 Å². The van der Waals surface area contributed by atoms with Crippen LogP contribution in [-0.4, -0.2) is 56.9 Å². The van der Waals surface area contributed by atoms with Crippen molar-refractivity contribution in [1.82, 2.24) is 14.9 Å². The van der Waals surface area contributed by atoms with Crippen LogP contribution in [0.2, 0.25) is 0 Å². The van der Waals surface area contributed by atoms with Gasteiger partial charge >= 0.3 is 5.97 Å². The van der Waals surface area contributed by atoms with Gasteiger partial charge in [-0.05, 0) is 52.7 Å². The molecule has 0 radical (unpaired) electrons. The second-order valence-corrected chi connectivity index (χ2v) is 10.9. The fourth-order valence-corrected chi connectivity index (χ4v) is 4.74. The van der Waals surface area contributed by atoms with Crippen LogP contribution < -0.4 is 5.56 Å². The van der Waals surface area contributed by atoms with Crippen molar-refractivity contribution in [3.05, 3.63) is 62.5 Å². The maximum atomic E-state index is 12.9. The minimum atomic E-state index is -0.713. The number of aliphatic hydroxyl groups is 1. The number of aliphatic hydroxyl groups excluding tert-OH is 1. The van der Waals surface area contributed by atoms with Gasteiger partial charge in [-0.25, -0.2) is 9.78 Å². The number of carbonyl (C=O) groups is 1. The molecule has 3 rings (SSSR count). The Kier molecular flexibility index (Phi) is 8.82. The second-order valence-electron chi connectivity index (χ2n) is 9.94. The number of nitrogens with zero attached hydrogens (tertiary/aromatic N) is 2. The van der Waals surface area contributed by atoms with Crippen LogP contribution in [0.4, 0.5) is 0 Å². The zero-order chi connectivity index (χ0) is 25.8. The Labute approximate surface area is 209 Å². The highest BCUT2D eigenvalue weighted by Crippen LogP contribution is 2.28. The van der Waals surface area contributed by atoms with Gasteiger partial charge in [0.15, 0.2) is 0 Å². The number of hydrogen-bond donors (Lipinski definition) is 2. The number of hydrogen-bond acceptors (Lipinski definition) is 8. The molecule has 2 heterocycles. The Morgan fingerprint density at radius 3 is 2.51 bits per heavy atom. The number of ether oxygens (including phenoxy) is 2. The second kappa shape index (κ2) is 11.4.